The molecule has 3 aromatic heterocycles. The van der Waals surface area contributed by atoms with E-state index >= 15 is 0 Å². The van der Waals surface area contributed by atoms with Gasteiger partial charge < -0.3 is 14.4 Å². The second-order valence-electron chi connectivity index (χ2n) is 6.47. The molecular formula is C18H21N7O2. The number of aryl methyl sites for hydroxylation is 1. The Labute approximate surface area is 156 Å². The van der Waals surface area contributed by atoms with Gasteiger partial charge in [0, 0.05) is 49.9 Å². The van der Waals surface area contributed by atoms with E-state index in [-0.39, 0.29) is 18.0 Å². The first-order valence-corrected chi connectivity index (χ1v) is 8.83. The van der Waals surface area contributed by atoms with Crippen molar-refractivity contribution in [3.63, 3.8) is 0 Å². The van der Waals surface area contributed by atoms with Crippen LogP contribution < -0.4 is 16.2 Å². The fourth-order valence-corrected chi connectivity index (χ4v) is 3.14. The van der Waals surface area contributed by atoms with Gasteiger partial charge >= 0.3 is 0 Å². The summed E-state index contributed by atoms with van der Waals surface area (Å²) in [6.45, 7) is 0.431. The summed E-state index contributed by atoms with van der Waals surface area (Å²) in [6, 6.07) is 7.56. The van der Waals surface area contributed by atoms with Gasteiger partial charge in [-0.3, -0.25) is 9.78 Å². The predicted octanol–water partition coefficient (Wildman–Crippen LogP) is 0.737. The fraction of sp³-hybridized carbons (Fsp3) is 0.333. The molecule has 0 bridgehead atoms. The Balaban J connectivity index is 1.26. The van der Waals surface area contributed by atoms with Gasteiger partial charge in [-0.1, -0.05) is 5.16 Å². The second-order valence-corrected chi connectivity index (χ2v) is 6.47. The number of hydrazine groups is 1. The number of amides is 1. The maximum Gasteiger partial charge on any atom is 0.238 e. The highest BCUT2D eigenvalue weighted by molar-refractivity contribution is 5.82. The molecule has 2 unspecified atom stereocenters. The van der Waals surface area contributed by atoms with Crippen molar-refractivity contribution in [2.75, 3.05) is 6.54 Å². The van der Waals surface area contributed by atoms with Crippen LogP contribution in [-0.4, -0.2) is 38.2 Å². The van der Waals surface area contributed by atoms with Crippen molar-refractivity contribution < 1.29 is 9.32 Å². The van der Waals surface area contributed by atoms with Gasteiger partial charge in [0.2, 0.25) is 17.6 Å². The van der Waals surface area contributed by atoms with Crippen LogP contribution in [0.5, 0.6) is 0 Å². The molecular weight excluding hydrogens is 346 g/mol. The van der Waals surface area contributed by atoms with Crippen LogP contribution in [0.2, 0.25) is 0 Å². The number of hydrogen-bond acceptors (Lipinski definition) is 7. The first-order chi connectivity index (χ1) is 13.2. The van der Waals surface area contributed by atoms with Gasteiger partial charge in [-0.2, -0.15) is 4.98 Å². The summed E-state index contributed by atoms with van der Waals surface area (Å²) in [4.78, 5) is 20.7. The van der Waals surface area contributed by atoms with E-state index in [0.717, 1.165) is 11.3 Å². The van der Waals surface area contributed by atoms with E-state index in [1.807, 2.05) is 31.4 Å². The highest BCUT2D eigenvalue weighted by Crippen LogP contribution is 2.22. The van der Waals surface area contributed by atoms with Crippen molar-refractivity contribution in [3.05, 3.63) is 54.4 Å². The molecule has 0 aliphatic carbocycles. The van der Waals surface area contributed by atoms with E-state index in [4.69, 9.17) is 4.52 Å². The van der Waals surface area contributed by atoms with Crippen LogP contribution in [0.15, 0.2) is 47.4 Å². The van der Waals surface area contributed by atoms with Crippen molar-refractivity contribution in [2.45, 2.75) is 24.9 Å². The summed E-state index contributed by atoms with van der Waals surface area (Å²) in [7, 11) is 1.99. The highest BCUT2D eigenvalue weighted by atomic mass is 16.5. The molecule has 0 saturated carbocycles. The third-order valence-electron chi connectivity index (χ3n) is 4.59. The number of pyridine rings is 1. The third-order valence-corrected chi connectivity index (χ3v) is 4.59. The second kappa shape index (κ2) is 7.68. The van der Waals surface area contributed by atoms with Gasteiger partial charge in [0.1, 0.15) is 6.04 Å². The summed E-state index contributed by atoms with van der Waals surface area (Å²) in [5.74, 6) is 0.927. The quantitative estimate of drug-likeness (QED) is 0.589. The molecule has 140 valence electrons. The fourth-order valence-electron chi connectivity index (χ4n) is 3.14. The Morgan fingerprint density at radius 2 is 2.30 bits per heavy atom. The van der Waals surface area contributed by atoms with E-state index in [9.17, 15) is 4.79 Å². The molecule has 3 N–H and O–H groups in total. The standard InChI is InChI=1S/C18H21N7O2/c1-25-9-3-5-15(25)13-10-14(23-22-13)18(26)20-8-6-16-21-17(24-27-16)12-4-2-7-19-11-12/h2-5,7,9,11,13-14,22-23H,6,8,10H2,1H3,(H,20,26). The lowest BCUT2D eigenvalue weighted by molar-refractivity contribution is -0.122. The Kier molecular flexibility index (Phi) is 4.95. The van der Waals surface area contributed by atoms with Gasteiger partial charge in [-0.05, 0) is 30.7 Å². The van der Waals surface area contributed by atoms with E-state index in [1.54, 1.807) is 12.4 Å². The topological polar surface area (TPSA) is 110 Å². The Bertz CT molecular complexity index is 905. The Hall–Kier alpha value is -3.04. The van der Waals surface area contributed by atoms with Crippen LogP contribution in [0.4, 0.5) is 0 Å². The molecule has 1 aliphatic heterocycles. The highest BCUT2D eigenvalue weighted by Gasteiger charge is 2.30. The molecule has 2 atom stereocenters. The molecule has 0 radical (unpaired) electrons. The van der Waals surface area contributed by atoms with Gasteiger partial charge in [-0.15, -0.1) is 0 Å². The Morgan fingerprint density at radius 3 is 3.07 bits per heavy atom. The first-order valence-electron chi connectivity index (χ1n) is 8.83. The summed E-state index contributed by atoms with van der Waals surface area (Å²) >= 11 is 0. The number of hydrogen-bond donors (Lipinski definition) is 3. The largest absolute Gasteiger partial charge is 0.354 e. The SMILES string of the molecule is Cn1cccc1C1CC(C(=O)NCCc2nc(-c3cccnc3)no2)NN1. The van der Waals surface area contributed by atoms with Gasteiger partial charge in [0.25, 0.3) is 0 Å². The van der Waals surface area contributed by atoms with E-state index in [1.165, 1.54) is 0 Å². The van der Waals surface area contributed by atoms with Crippen LogP contribution in [-0.2, 0) is 18.3 Å². The monoisotopic (exact) mass is 367 g/mol. The number of nitrogens with zero attached hydrogens (tertiary/aromatic N) is 4. The molecule has 1 fully saturated rings. The predicted molar refractivity (Wildman–Crippen MR) is 97.1 cm³/mol. The zero-order valence-corrected chi connectivity index (χ0v) is 14.9. The number of rotatable bonds is 6. The average Bonchev–Trinajstić information content (AvgIpc) is 3.42. The van der Waals surface area contributed by atoms with Crippen LogP contribution in [0.1, 0.15) is 24.0 Å². The number of aromatic nitrogens is 4. The number of nitrogens with one attached hydrogen (secondary N) is 3. The van der Waals surface area contributed by atoms with Crippen molar-refractivity contribution >= 4 is 5.91 Å². The molecule has 1 aliphatic rings. The van der Waals surface area contributed by atoms with Crippen molar-refractivity contribution in [2.24, 2.45) is 7.05 Å². The molecule has 3 aromatic rings. The van der Waals surface area contributed by atoms with Crippen LogP contribution in [0, 0.1) is 0 Å². The van der Waals surface area contributed by atoms with Crippen LogP contribution >= 0.6 is 0 Å². The van der Waals surface area contributed by atoms with E-state index < -0.39 is 0 Å². The molecule has 27 heavy (non-hydrogen) atoms. The maximum atomic E-state index is 12.4. The number of carbonyl (C=O) groups is 1. The molecule has 9 nitrogen and oxygen atoms in total. The summed E-state index contributed by atoms with van der Waals surface area (Å²) in [5, 5.41) is 6.86. The molecule has 0 aromatic carbocycles. The minimum absolute atomic E-state index is 0.0498. The average molecular weight is 367 g/mol. The van der Waals surface area contributed by atoms with Gasteiger partial charge in [0.05, 0.1) is 6.04 Å². The van der Waals surface area contributed by atoms with Gasteiger partial charge in [-0.25, -0.2) is 10.9 Å². The lowest BCUT2D eigenvalue weighted by Crippen LogP contribution is -2.43. The smallest absolute Gasteiger partial charge is 0.238 e. The molecule has 4 rings (SSSR count). The van der Waals surface area contributed by atoms with Crippen molar-refractivity contribution in [1.82, 2.24) is 35.9 Å². The zero-order valence-electron chi connectivity index (χ0n) is 14.9. The van der Waals surface area contributed by atoms with Crippen LogP contribution in [0.25, 0.3) is 11.4 Å². The maximum absolute atomic E-state index is 12.4. The normalized spacial score (nSPS) is 19.3. The first kappa shape index (κ1) is 17.4. The Morgan fingerprint density at radius 1 is 1.37 bits per heavy atom. The summed E-state index contributed by atoms with van der Waals surface area (Å²) < 4.78 is 7.29. The van der Waals surface area contributed by atoms with Crippen molar-refractivity contribution in [1.29, 1.82) is 0 Å². The summed E-state index contributed by atoms with van der Waals surface area (Å²) in [6.07, 6.45) is 6.52. The minimum atomic E-state index is -0.279. The molecule has 4 heterocycles. The molecule has 0 spiro atoms. The van der Waals surface area contributed by atoms with Gasteiger partial charge in [0.15, 0.2) is 0 Å². The minimum Gasteiger partial charge on any atom is -0.354 e. The van der Waals surface area contributed by atoms with E-state index in [0.29, 0.717) is 31.1 Å². The summed E-state index contributed by atoms with van der Waals surface area (Å²) in [5.41, 5.74) is 8.19. The van der Waals surface area contributed by atoms with Crippen molar-refractivity contribution in [3.8, 4) is 11.4 Å². The lowest BCUT2D eigenvalue weighted by atomic mass is 10.1. The van der Waals surface area contributed by atoms with E-state index in [2.05, 4.69) is 41.9 Å². The molecule has 9 heteroatoms. The molecule has 1 amide bonds. The van der Waals surface area contributed by atoms with Crippen LogP contribution in [0.3, 0.4) is 0 Å². The lowest BCUT2D eigenvalue weighted by Gasteiger charge is -2.11. The number of carbonyl (C=O) groups excluding carboxylic acids is 1. The zero-order chi connectivity index (χ0) is 18.6. The third kappa shape index (κ3) is 3.88. The molecule has 1 saturated heterocycles.